The topological polar surface area (TPSA) is 75.7 Å². The number of ether oxygens (including phenoxy) is 1. The van der Waals surface area contributed by atoms with Gasteiger partial charge in [-0.15, -0.1) is 0 Å². The minimum Gasteiger partial charge on any atom is -0.496 e. The zero-order valence-corrected chi connectivity index (χ0v) is 17.6. The van der Waals surface area contributed by atoms with Crippen LogP contribution in [0.3, 0.4) is 0 Å². The highest BCUT2D eigenvalue weighted by molar-refractivity contribution is 9.10. The molecule has 0 saturated heterocycles. The Morgan fingerprint density at radius 1 is 0.967 bits per heavy atom. The lowest BCUT2D eigenvalue weighted by Crippen LogP contribution is -2.29. The Kier molecular flexibility index (Phi) is 5.37. The monoisotopic (exact) mass is 464 g/mol. The third-order valence-corrected chi connectivity index (χ3v) is 5.54. The van der Waals surface area contributed by atoms with Crippen molar-refractivity contribution in [2.45, 2.75) is 6.54 Å². The van der Waals surface area contributed by atoms with E-state index >= 15 is 0 Å². The molecule has 0 radical (unpaired) electrons. The zero-order valence-electron chi connectivity index (χ0n) is 16.0. The van der Waals surface area contributed by atoms with Crippen LogP contribution in [0.4, 0.5) is 5.69 Å². The molecule has 3 amide bonds. The molecule has 1 heterocycles. The van der Waals surface area contributed by atoms with Gasteiger partial charge in [0.2, 0.25) is 0 Å². The summed E-state index contributed by atoms with van der Waals surface area (Å²) in [7, 11) is 1.48. The molecule has 0 spiro atoms. The number of para-hydroxylation sites is 1. The van der Waals surface area contributed by atoms with Crippen molar-refractivity contribution in [2.75, 3.05) is 12.4 Å². The lowest BCUT2D eigenvalue weighted by Gasteiger charge is -2.16. The van der Waals surface area contributed by atoms with Gasteiger partial charge >= 0.3 is 0 Å². The van der Waals surface area contributed by atoms with E-state index < -0.39 is 0 Å². The van der Waals surface area contributed by atoms with E-state index in [9.17, 15) is 14.4 Å². The maximum Gasteiger partial charge on any atom is 0.261 e. The van der Waals surface area contributed by atoms with Crippen molar-refractivity contribution in [3.8, 4) is 5.75 Å². The van der Waals surface area contributed by atoms with Gasteiger partial charge in [0.15, 0.2) is 0 Å². The fraction of sp³-hybridized carbons (Fsp3) is 0.0870. The van der Waals surface area contributed by atoms with Crippen LogP contribution in [0.1, 0.15) is 36.6 Å². The molecule has 7 heteroatoms. The number of benzene rings is 3. The average molecular weight is 465 g/mol. The molecule has 0 aromatic heterocycles. The molecule has 150 valence electrons. The molecule has 1 N–H and O–H groups in total. The van der Waals surface area contributed by atoms with Crippen LogP contribution in [0.5, 0.6) is 5.75 Å². The SMILES string of the molecule is COc1ccc(CN2C(=O)c3ccccc3C2=O)cc1C(=O)Nc1ccccc1Br. The van der Waals surface area contributed by atoms with Crippen molar-refractivity contribution in [1.29, 1.82) is 0 Å². The highest BCUT2D eigenvalue weighted by atomic mass is 79.9. The molecule has 30 heavy (non-hydrogen) atoms. The third kappa shape index (κ3) is 3.59. The van der Waals surface area contributed by atoms with Gasteiger partial charge in [-0.1, -0.05) is 30.3 Å². The second-order valence-electron chi connectivity index (χ2n) is 6.71. The molecule has 6 nitrogen and oxygen atoms in total. The van der Waals surface area contributed by atoms with Crippen LogP contribution in [0.15, 0.2) is 71.2 Å². The number of hydrogen-bond acceptors (Lipinski definition) is 4. The zero-order chi connectivity index (χ0) is 21.3. The van der Waals surface area contributed by atoms with Crippen molar-refractivity contribution >= 4 is 39.3 Å². The van der Waals surface area contributed by atoms with Gasteiger partial charge in [-0.05, 0) is 57.9 Å². The van der Waals surface area contributed by atoms with Crippen molar-refractivity contribution in [2.24, 2.45) is 0 Å². The highest BCUT2D eigenvalue weighted by Gasteiger charge is 2.35. The van der Waals surface area contributed by atoms with Crippen LogP contribution < -0.4 is 10.1 Å². The number of rotatable bonds is 5. The summed E-state index contributed by atoms with van der Waals surface area (Å²) in [6.45, 7) is 0.0612. The van der Waals surface area contributed by atoms with E-state index in [1.807, 2.05) is 18.2 Å². The molecule has 0 atom stereocenters. The molecule has 3 aromatic rings. The lowest BCUT2D eigenvalue weighted by atomic mass is 10.1. The molecule has 3 aromatic carbocycles. The Morgan fingerprint density at radius 3 is 2.23 bits per heavy atom. The number of imide groups is 1. The first-order valence-corrected chi connectivity index (χ1v) is 9.97. The third-order valence-electron chi connectivity index (χ3n) is 4.85. The van der Waals surface area contributed by atoms with E-state index in [-0.39, 0.29) is 24.3 Å². The van der Waals surface area contributed by atoms with Gasteiger partial charge in [0.1, 0.15) is 5.75 Å². The smallest absolute Gasteiger partial charge is 0.261 e. The van der Waals surface area contributed by atoms with Crippen molar-refractivity contribution in [1.82, 2.24) is 4.90 Å². The van der Waals surface area contributed by atoms with Crippen LogP contribution in [-0.2, 0) is 6.54 Å². The summed E-state index contributed by atoms with van der Waals surface area (Å²) in [4.78, 5) is 39.3. The summed E-state index contributed by atoms with van der Waals surface area (Å²) in [5.41, 5.74) is 2.35. The first kappa shape index (κ1) is 19.8. The summed E-state index contributed by atoms with van der Waals surface area (Å²) < 4.78 is 6.08. The Balaban J connectivity index is 1.61. The predicted molar refractivity (Wildman–Crippen MR) is 116 cm³/mol. The second-order valence-corrected chi connectivity index (χ2v) is 7.56. The number of carbonyl (C=O) groups excluding carboxylic acids is 3. The van der Waals surface area contributed by atoms with Gasteiger partial charge in [-0.3, -0.25) is 19.3 Å². The molecule has 0 bridgehead atoms. The lowest BCUT2D eigenvalue weighted by molar-refractivity contribution is 0.0642. The molecular weight excluding hydrogens is 448 g/mol. The normalized spacial score (nSPS) is 12.7. The summed E-state index contributed by atoms with van der Waals surface area (Å²) in [6.07, 6.45) is 0. The maximum atomic E-state index is 12.9. The quantitative estimate of drug-likeness (QED) is 0.563. The number of fused-ring (bicyclic) bond motifs is 1. The van der Waals surface area contributed by atoms with Gasteiger partial charge in [-0.25, -0.2) is 0 Å². The van der Waals surface area contributed by atoms with E-state index in [0.717, 1.165) is 4.47 Å². The van der Waals surface area contributed by atoms with Crippen LogP contribution in [-0.4, -0.2) is 29.7 Å². The molecule has 4 rings (SSSR count). The second kappa shape index (κ2) is 8.12. The molecule has 1 aliphatic heterocycles. The fourth-order valence-corrected chi connectivity index (χ4v) is 3.73. The predicted octanol–water partition coefficient (Wildman–Crippen LogP) is 4.51. The van der Waals surface area contributed by atoms with Crippen molar-refractivity contribution in [3.63, 3.8) is 0 Å². The Hall–Kier alpha value is -3.45. The number of carbonyl (C=O) groups is 3. The van der Waals surface area contributed by atoms with E-state index in [1.165, 1.54) is 12.0 Å². The first-order valence-electron chi connectivity index (χ1n) is 9.17. The van der Waals surface area contributed by atoms with E-state index in [2.05, 4.69) is 21.2 Å². The van der Waals surface area contributed by atoms with Crippen molar-refractivity contribution in [3.05, 3.63) is 93.5 Å². The fourth-order valence-electron chi connectivity index (χ4n) is 3.35. The molecule has 0 saturated carbocycles. The van der Waals surface area contributed by atoms with Gasteiger partial charge in [0, 0.05) is 4.47 Å². The van der Waals surface area contributed by atoms with Crippen LogP contribution in [0.2, 0.25) is 0 Å². The Labute approximate surface area is 181 Å². The largest absolute Gasteiger partial charge is 0.496 e. The number of nitrogens with zero attached hydrogens (tertiary/aromatic N) is 1. The van der Waals surface area contributed by atoms with Crippen LogP contribution in [0.25, 0.3) is 0 Å². The van der Waals surface area contributed by atoms with Crippen LogP contribution >= 0.6 is 15.9 Å². The minimum atomic E-state index is -0.358. The van der Waals surface area contributed by atoms with Gasteiger partial charge < -0.3 is 10.1 Å². The first-order chi connectivity index (χ1) is 14.5. The Bertz CT molecular complexity index is 1140. The number of hydrogen-bond donors (Lipinski definition) is 1. The number of nitrogens with one attached hydrogen (secondary N) is 1. The molecule has 0 aliphatic carbocycles. The van der Waals surface area contributed by atoms with Gasteiger partial charge in [-0.2, -0.15) is 0 Å². The molecule has 0 fully saturated rings. The summed E-state index contributed by atoms with van der Waals surface area (Å²) in [6, 6.07) is 19.0. The average Bonchev–Trinajstić information content (AvgIpc) is 3.00. The highest BCUT2D eigenvalue weighted by Crippen LogP contribution is 2.28. The Morgan fingerprint density at radius 2 is 1.60 bits per heavy atom. The molecule has 0 unspecified atom stereocenters. The maximum absolute atomic E-state index is 12.9. The standard InChI is InChI=1S/C23H17BrN2O4/c1-30-20-11-10-14(12-17(20)21(27)25-19-9-5-4-8-18(19)24)13-26-22(28)15-6-2-3-7-16(15)23(26)29/h2-12H,13H2,1H3,(H,25,27). The van der Waals surface area contributed by atoms with E-state index in [1.54, 1.807) is 48.5 Å². The summed E-state index contributed by atoms with van der Waals surface area (Å²) in [5, 5.41) is 2.84. The van der Waals surface area contributed by atoms with Crippen LogP contribution in [0, 0.1) is 0 Å². The van der Waals surface area contributed by atoms with E-state index in [4.69, 9.17) is 4.74 Å². The number of methoxy groups -OCH3 is 1. The van der Waals surface area contributed by atoms with Gasteiger partial charge in [0.05, 0.1) is 36.0 Å². The van der Waals surface area contributed by atoms with E-state index in [0.29, 0.717) is 33.7 Å². The molecule has 1 aliphatic rings. The summed E-state index contributed by atoms with van der Waals surface area (Å²) in [5.74, 6) is -0.648. The number of anilines is 1. The number of amides is 3. The molecular formula is C23H17BrN2O4. The minimum absolute atomic E-state index is 0.0612. The summed E-state index contributed by atoms with van der Waals surface area (Å²) >= 11 is 3.41. The number of halogens is 1. The van der Waals surface area contributed by atoms with Crippen molar-refractivity contribution < 1.29 is 19.1 Å². The van der Waals surface area contributed by atoms with Gasteiger partial charge in [0.25, 0.3) is 17.7 Å².